The normalized spacial score (nSPS) is 22.8. The fourth-order valence-electron chi connectivity index (χ4n) is 2.05. The quantitative estimate of drug-likeness (QED) is 0.793. The summed E-state index contributed by atoms with van der Waals surface area (Å²) in [5.74, 6) is 0.177. The van der Waals surface area contributed by atoms with Crippen LogP contribution in [0.5, 0.6) is 0 Å². The van der Waals surface area contributed by atoms with Gasteiger partial charge in [0.15, 0.2) is 0 Å². The molecule has 0 aromatic heterocycles. The van der Waals surface area contributed by atoms with E-state index >= 15 is 0 Å². The molecule has 1 rings (SSSR count). The smallest absolute Gasteiger partial charge is 0.240 e. The molecule has 0 bridgehead atoms. The first-order chi connectivity index (χ1) is 7.57. The molecule has 1 amide bonds. The third-order valence-corrected chi connectivity index (χ3v) is 3.02. The predicted molar refractivity (Wildman–Crippen MR) is 65.4 cm³/mol. The van der Waals surface area contributed by atoms with Crippen molar-refractivity contribution >= 4 is 5.91 Å². The van der Waals surface area contributed by atoms with E-state index < -0.39 is 0 Å². The molecule has 1 heterocycles. The van der Waals surface area contributed by atoms with E-state index in [0.717, 1.165) is 38.8 Å². The Hall–Kier alpha value is -0.610. The van der Waals surface area contributed by atoms with Crippen LogP contribution < -0.4 is 5.73 Å². The Labute approximate surface area is 98.7 Å². The van der Waals surface area contributed by atoms with Gasteiger partial charge >= 0.3 is 0 Å². The fraction of sp³-hybridized carbons (Fsp3) is 0.917. The minimum atomic E-state index is -0.125. The van der Waals surface area contributed by atoms with Gasteiger partial charge in [-0.25, -0.2) is 5.01 Å². The predicted octanol–water partition coefficient (Wildman–Crippen LogP) is 1.57. The van der Waals surface area contributed by atoms with E-state index in [0.29, 0.717) is 0 Å². The molecule has 1 fully saturated rings. The minimum absolute atomic E-state index is 0.0216. The molecule has 0 aromatic carbocycles. The topological polar surface area (TPSA) is 49.6 Å². The monoisotopic (exact) mass is 227 g/mol. The number of rotatable bonds is 4. The second-order valence-corrected chi connectivity index (χ2v) is 4.85. The molecular formula is C12H25N3O. The van der Waals surface area contributed by atoms with Crippen LogP contribution in [-0.2, 0) is 4.79 Å². The Bertz CT molecular complexity index is 230. The van der Waals surface area contributed by atoms with Crippen LogP contribution in [0.1, 0.15) is 46.5 Å². The summed E-state index contributed by atoms with van der Waals surface area (Å²) in [6, 6.07) is 0. The van der Waals surface area contributed by atoms with Crippen LogP contribution in [0.2, 0.25) is 0 Å². The maximum atomic E-state index is 12.1. The molecule has 4 heteroatoms. The zero-order valence-corrected chi connectivity index (χ0v) is 10.8. The number of hydrazine groups is 1. The minimum Gasteiger partial charge on any atom is -0.310 e. The summed E-state index contributed by atoms with van der Waals surface area (Å²) in [6.45, 7) is 7.94. The molecule has 16 heavy (non-hydrogen) atoms. The van der Waals surface area contributed by atoms with Crippen molar-refractivity contribution in [3.05, 3.63) is 0 Å². The molecule has 0 saturated carbocycles. The largest absolute Gasteiger partial charge is 0.310 e. The van der Waals surface area contributed by atoms with Crippen molar-refractivity contribution in [3.8, 4) is 0 Å². The summed E-state index contributed by atoms with van der Waals surface area (Å²) in [5, 5.41) is 3.93. The van der Waals surface area contributed by atoms with Gasteiger partial charge in [-0.1, -0.05) is 27.2 Å². The van der Waals surface area contributed by atoms with Crippen LogP contribution in [0.15, 0.2) is 0 Å². The van der Waals surface area contributed by atoms with Crippen LogP contribution in [0.3, 0.4) is 0 Å². The van der Waals surface area contributed by atoms with Gasteiger partial charge in [0, 0.05) is 19.0 Å². The Morgan fingerprint density at radius 2 is 2.19 bits per heavy atom. The lowest BCUT2D eigenvalue weighted by Crippen LogP contribution is -2.60. The molecule has 1 aliphatic heterocycles. The summed E-state index contributed by atoms with van der Waals surface area (Å²) >= 11 is 0. The third-order valence-electron chi connectivity index (χ3n) is 3.02. The Morgan fingerprint density at radius 3 is 2.75 bits per heavy atom. The van der Waals surface area contributed by atoms with E-state index in [4.69, 9.17) is 5.73 Å². The molecular weight excluding hydrogens is 202 g/mol. The van der Waals surface area contributed by atoms with Gasteiger partial charge in [0.1, 0.15) is 0 Å². The van der Waals surface area contributed by atoms with Crippen molar-refractivity contribution in [1.29, 1.82) is 0 Å². The number of nitrogens with zero attached hydrogens (tertiary/aromatic N) is 2. The van der Waals surface area contributed by atoms with E-state index in [1.165, 1.54) is 0 Å². The lowest BCUT2D eigenvalue weighted by molar-refractivity contribution is -0.165. The van der Waals surface area contributed by atoms with E-state index in [1.807, 2.05) is 13.8 Å². The molecule has 2 N–H and O–H groups in total. The van der Waals surface area contributed by atoms with Gasteiger partial charge in [-0.3, -0.25) is 9.80 Å². The van der Waals surface area contributed by atoms with Crippen molar-refractivity contribution in [1.82, 2.24) is 10.0 Å². The van der Waals surface area contributed by atoms with Crippen molar-refractivity contribution in [2.24, 2.45) is 11.7 Å². The van der Waals surface area contributed by atoms with Crippen molar-refractivity contribution in [3.63, 3.8) is 0 Å². The number of unbranched alkanes of at least 4 members (excludes halogenated alkanes) is 1. The second kappa shape index (κ2) is 6.21. The average molecular weight is 227 g/mol. The number of nitrogens with two attached hydrogens (primary N) is 1. The van der Waals surface area contributed by atoms with Gasteiger partial charge in [-0.15, -0.1) is 0 Å². The highest BCUT2D eigenvalue weighted by atomic mass is 16.2. The van der Waals surface area contributed by atoms with Crippen LogP contribution >= 0.6 is 0 Å². The third kappa shape index (κ3) is 3.19. The molecule has 1 saturated heterocycles. The van der Waals surface area contributed by atoms with Crippen LogP contribution in [-0.4, -0.2) is 35.2 Å². The summed E-state index contributed by atoms with van der Waals surface area (Å²) in [4.78, 5) is 12.1. The highest BCUT2D eigenvalue weighted by molar-refractivity contribution is 5.78. The number of amides is 1. The Balaban J connectivity index is 2.67. The Morgan fingerprint density at radius 1 is 1.50 bits per heavy atom. The first-order valence-electron chi connectivity index (χ1n) is 6.41. The molecule has 1 unspecified atom stereocenters. The maximum absolute atomic E-state index is 12.1. The number of hydrogen-bond donors (Lipinski definition) is 1. The number of carbonyl (C=O) groups is 1. The van der Waals surface area contributed by atoms with Crippen molar-refractivity contribution in [2.75, 3.05) is 13.1 Å². The molecule has 1 atom stereocenters. The van der Waals surface area contributed by atoms with Gasteiger partial charge in [0.05, 0.1) is 6.17 Å². The molecule has 94 valence electrons. The van der Waals surface area contributed by atoms with Gasteiger partial charge in [0.2, 0.25) is 5.91 Å². The summed E-state index contributed by atoms with van der Waals surface area (Å²) in [5.41, 5.74) is 6.04. The zero-order chi connectivity index (χ0) is 12.1. The van der Waals surface area contributed by atoms with Crippen LogP contribution in [0, 0.1) is 5.92 Å². The second-order valence-electron chi connectivity index (χ2n) is 4.85. The molecule has 0 radical (unpaired) electrons. The van der Waals surface area contributed by atoms with Crippen molar-refractivity contribution < 1.29 is 4.79 Å². The van der Waals surface area contributed by atoms with Crippen LogP contribution in [0.25, 0.3) is 0 Å². The highest BCUT2D eigenvalue weighted by Gasteiger charge is 2.31. The van der Waals surface area contributed by atoms with E-state index in [-0.39, 0.29) is 18.0 Å². The summed E-state index contributed by atoms with van der Waals surface area (Å²) in [6.07, 6.45) is 4.15. The highest BCUT2D eigenvalue weighted by Crippen LogP contribution is 2.18. The SMILES string of the molecule is CCCCN1CCCC(N)N1C(=O)C(C)C. The molecule has 0 aliphatic carbocycles. The molecule has 0 spiro atoms. The average Bonchev–Trinajstić information content (AvgIpc) is 2.25. The van der Waals surface area contributed by atoms with Crippen molar-refractivity contribution in [2.45, 2.75) is 52.6 Å². The first kappa shape index (κ1) is 13.5. The van der Waals surface area contributed by atoms with E-state index in [9.17, 15) is 4.79 Å². The van der Waals surface area contributed by atoms with Gasteiger partial charge in [-0.2, -0.15) is 0 Å². The van der Waals surface area contributed by atoms with Crippen LogP contribution in [0.4, 0.5) is 0 Å². The first-order valence-corrected chi connectivity index (χ1v) is 6.41. The van der Waals surface area contributed by atoms with Gasteiger partial charge in [0.25, 0.3) is 0 Å². The maximum Gasteiger partial charge on any atom is 0.240 e. The molecule has 0 aromatic rings. The standard InChI is InChI=1S/C12H25N3O/c1-4-5-8-14-9-6-7-11(13)15(14)12(16)10(2)3/h10-11H,4-9,13H2,1-3H3. The molecule has 1 aliphatic rings. The number of carbonyl (C=O) groups excluding carboxylic acids is 1. The zero-order valence-electron chi connectivity index (χ0n) is 10.8. The lowest BCUT2D eigenvalue weighted by atomic mass is 10.1. The van der Waals surface area contributed by atoms with E-state index in [1.54, 1.807) is 5.01 Å². The fourth-order valence-corrected chi connectivity index (χ4v) is 2.05. The molecule has 4 nitrogen and oxygen atoms in total. The summed E-state index contributed by atoms with van der Waals surface area (Å²) < 4.78 is 0. The summed E-state index contributed by atoms with van der Waals surface area (Å²) in [7, 11) is 0. The Kier molecular flexibility index (Phi) is 5.22. The number of hydrogen-bond acceptors (Lipinski definition) is 3. The lowest BCUT2D eigenvalue weighted by Gasteiger charge is -2.43. The van der Waals surface area contributed by atoms with E-state index in [2.05, 4.69) is 11.9 Å². The van der Waals surface area contributed by atoms with Gasteiger partial charge < -0.3 is 5.73 Å². The van der Waals surface area contributed by atoms with Gasteiger partial charge in [-0.05, 0) is 19.3 Å².